The number of carbonyl (C=O) groups is 1. The van der Waals surface area contributed by atoms with Gasteiger partial charge in [0, 0.05) is 12.3 Å². The second kappa shape index (κ2) is 5.48. The number of carbonyl (C=O) groups excluding carboxylic acids is 1. The maximum atomic E-state index is 11.5. The van der Waals surface area contributed by atoms with Crippen LogP contribution in [0.1, 0.15) is 23.0 Å². The first-order valence-electron chi connectivity index (χ1n) is 5.93. The van der Waals surface area contributed by atoms with Crippen LogP contribution in [-0.2, 0) is 11.2 Å². The molecule has 0 aliphatic rings. The molecule has 1 aromatic carbocycles. The third-order valence-electron chi connectivity index (χ3n) is 2.77. The third-order valence-corrected chi connectivity index (χ3v) is 2.77. The van der Waals surface area contributed by atoms with E-state index in [4.69, 9.17) is 0 Å². The minimum atomic E-state index is -0.731. The standard InChI is InChI=1S/C14H14N2O3/c1-3-10-5-4-6-11(9-10)16-8-7-12(17)13(15-16)14(18)19-2/h4-9H,3H2,1-2H3. The zero-order chi connectivity index (χ0) is 13.8. The third kappa shape index (κ3) is 2.70. The molecule has 2 aromatic rings. The van der Waals surface area contributed by atoms with Gasteiger partial charge in [-0.1, -0.05) is 19.1 Å². The van der Waals surface area contributed by atoms with Gasteiger partial charge < -0.3 is 4.74 Å². The number of benzene rings is 1. The Balaban J connectivity index is 2.51. The Morgan fingerprint density at radius 2 is 2.16 bits per heavy atom. The van der Waals surface area contributed by atoms with E-state index in [0.717, 1.165) is 17.7 Å². The van der Waals surface area contributed by atoms with Gasteiger partial charge in [0.2, 0.25) is 11.1 Å². The summed E-state index contributed by atoms with van der Waals surface area (Å²) < 4.78 is 6.03. The number of nitrogens with zero attached hydrogens (tertiary/aromatic N) is 2. The summed E-state index contributed by atoms with van der Waals surface area (Å²) in [5, 5.41) is 4.02. The van der Waals surface area contributed by atoms with Gasteiger partial charge in [-0.05, 0) is 24.1 Å². The molecule has 0 bridgehead atoms. The molecule has 0 amide bonds. The van der Waals surface area contributed by atoms with E-state index < -0.39 is 11.4 Å². The van der Waals surface area contributed by atoms with Crippen molar-refractivity contribution in [2.45, 2.75) is 13.3 Å². The molecule has 5 heteroatoms. The summed E-state index contributed by atoms with van der Waals surface area (Å²) in [6, 6.07) is 9.03. The van der Waals surface area contributed by atoms with Crippen molar-refractivity contribution in [1.29, 1.82) is 0 Å². The van der Waals surface area contributed by atoms with Gasteiger partial charge in [0.25, 0.3) is 0 Å². The first-order chi connectivity index (χ1) is 9.15. The maximum Gasteiger partial charge on any atom is 0.362 e. The zero-order valence-electron chi connectivity index (χ0n) is 10.8. The van der Waals surface area contributed by atoms with Crippen LogP contribution in [0.4, 0.5) is 0 Å². The molecule has 0 saturated carbocycles. The lowest BCUT2D eigenvalue weighted by Crippen LogP contribution is -2.21. The van der Waals surface area contributed by atoms with E-state index >= 15 is 0 Å². The van der Waals surface area contributed by atoms with E-state index in [0.29, 0.717) is 0 Å². The normalized spacial score (nSPS) is 10.2. The van der Waals surface area contributed by atoms with E-state index in [1.54, 1.807) is 0 Å². The summed E-state index contributed by atoms with van der Waals surface area (Å²) in [7, 11) is 1.22. The summed E-state index contributed by atoms with van der Waals surface area (Å²) >= 11 is 0. The molecule has 0 aliphatic heterocycles. The molecule has 1 heterocycles. The van der Waals surface area contributed by atoms with Crippen molar-refractivity contribution in [3.05, 3.63) is 58.0 Å². The largest absolute Gasteiger partial charge is 0.464 e. The highest BCUT2D eigenvalue weighted by Crippen LogP contribution is 2.09. The number of aromatic nitrogens is 2. The Labute approximate surface area is 110 Å². The number of ether oxygens (including phenoxy) is 1. The molecule has 0 aliphatic carbocycles. The molecule has 5 nitrogen and oxygen atoms in total. The van der Waals surface area contributed by atoms with Crippen LogP contribution in [0.3, 0.4) is 0 Å². The number of aryl methyl sites for hydroxylation is 1. The molecule has 0 N–H and O–H groups in total. The van der Waals surface area contributed by atoms with E-state index in [2.05, 4.69) is 16.8 Å². The minimum Gasteiger partial charge on any atom is -0.464 e. The van der Waals surface area contributed by atoms with Gasteiger partial charge in [0.1, 0.15) is 0 Å². The lowest BCUT2D eigenvalue weighted by molar-refractivity contribution is 0.0590. The van der Waals surface area contributed by atoms with Crippen LogP contribution in [0.15, 0.2) is 41.3 Å². The van der Waals surface area contributed by atoms with Crippen molar-refractivity contribution in [3.8, 4) is 5.69 Å². The zero-order valence-corrected chi connectivity index (χ0v) is 10.8. The molecule has 0 saturated heterocycles. The highest BCUT2D eigenvalue weighted by Gasteiger charge is 2.13. The molecular formula is C14H14N2O3. The fourth-order valence-corrected chi connectivity index (χ4v) is 1.71. The van der Waals surface area contributed by atoms with Gasteiger partial charge in [-0.25, -0.2) is 9.48 Å². The number of esters is 1. The van der Waals surface area contributed by atoms with E-state index in [1.165, 1.54) is 24.1 Å². The first-order valence-corrected chi connectivity index (χ1v) is 5.93. The first kappa shape index (κ1) is 13.0. The van der Waals surface area contributed by atoms with E-state index in [9.17, 15) is 9.59 Å². The molecule has 19 heavy (non-hydrogen) atoms. The van der Waals surface area contributed by atoms with Crippen LogP contribution >= 0.6 is 0 Å². The Kier molecular flexibility index (Phi) is 3.75. The van der Waals surface area contributed by atoms with Crippen molar-refractivity contribution in [2.75, 3.05) is 7.11 Å². The second-order valence-corrected chi connectivity index (χ2v) is 3.99. The fourth-order valence-electron chi connectivity index (χ4n) is 1.71. The van der Waals surface area contributed by atoms with Gasteiger partial charge in [-0.15, -0.1) is 0 Å². The monoisotopic (exact) mass is 258 g/mol. The molecule has 98 valence electrons. The van der Waals surface area contributed by atoms with E-state index in [-0.39, 0.29) is 5.69 Å². The molecule has 0 atom stereocenters. The van der Waals surface area contributed by atoms with Crippen molar-refractivity contribution >= 4 is 5.97 Å². The van der Waals surface area contributed by atoms with Crippen LogP contribution in [-0.4, -0.2) is 22.9 Å². The summed E-state index contributed by atoms with van der Waals surface area (Å²) in [6.07, 6.45) is 2.43. The number of rotatable bonds is 3. The minimum absolute atomic E-state index is 0.216. The number of hydrogen-bond acceptors (Lipinski definition) is 4. The molecule has 0 radical (unpaired) electrons. The van der Waals surface area contributed by atoms with Crippen LogP contribution in [0.25, 0.3) is 5.69 Å². The molecule has 0 fully saturated rings. The molecule has 1 aromatic heterocycles. The van der Waals surface area contributed by atoms with Crippen LogP contribution < -0.4 is 5.43 Å². The summed E-state index contributed by atoms with van der Waals surface area (Å²) in [5.74, 6) is -0.731. The van der Waals surface area contributed by atoms with E-state index in [1.807, 2.05) is 24.3 Å². The lowest BCUT2D eigenvalue weighted by atomic mass is 10.1. The summed E-state index contributed by atoms with van der Waals surface area (Å²) in [5.41, 5.74) is 1.28. The van der Waals surface area contributed by atoms with Gasteiger partial charge in [0.15, 0.2) is 0 Å². The van der Waals surface area contributed by atoms with Crippen LogP contribution in [0, 0.1) is 0 Å². The predicted octanol–water partition coefficient (Wildman–Crippen LogP) is 1.58. The Morgan fingerprint density at radius 3 is 2.84 bits per heavy atom. The predicted molar refractivity (Wildman–Crippen MR) is 70.6 cm³/mol. The van der Waals surface area contributed by atoms with Gasteiger partial charge >= 0.3 is 5.97 Å². The van der Waals surface area contributed by atoms with Crippen molar-refractivity contribution in [2.24, 2.45) is 0 Å². The number of hydrogen-bond donors (Lipinski definition) is 0. The average molecular weight is 258 g/mol. The van der Waals surface area contributed by atoms with Crippen molar-refractivity contribution in [1.82, 2.24) is 9.78 Å². The highest BCUT2D eigenvalue weighted by atomic mass is 16.5. The molecular weight excluding hydrogens is 244 g/mol. The van der Waals surface area contributed by atoms with Crippen LogP contribution in [0.2, 0.25) is 0 Å². The van der Waals surface area contributed by atoms with Crippen LogP contribution in [0.5, 0.6) is 0 Å². The smallest absolute Gasteiger partial charge is 0.362 e. The molecule has 0 unspecified atom stereocenters. The Bertz CT molecular complexity index is 662. The lowest BCUT2D eigenvalue weighted by Gasteiger charge is -2.07. The van der Waals surface area contributed by atoms with Gasteiger partial charge in [-0.3, -0.25) is 4.79 Å². The number of methoxy groups -OCH3 is 1. The van der Waals surface area contributed by atoms with Gasteiger partial charge in [-0.2, -0.15) is 5.10 Å². The highest BCUT2D eigenvalue weighted by molar-refractivity contribution is 5.86. The summed E-state index contributed by atoms with van der Waals surface area (Å²) in [6.45, 7) is 2.05. The molecule has 0 spiro atoms. The summed E-state index contributed by atoms with van der Waals surface area (Å²) in [4.78, 5) is 23.0. The average Bonchev–Trinajstić information content (AvgIpc) is 2.47. The molecule has 2 rings (SSSR count). The van der Waals surface area contributed by atoms with Gasteiger partial charge in [0.05, 0.1) is 12.8 Å². The van der Waals surface area contributed by atoms with Crippen molar-refractivity contribution in [3.63, 3.8) is 0 Å². The fraction of sp³-hybridized carbons (Fsp3) is 0.214. The topological polar surface area (TPSA) is 61.2 Å². The Hall–Kier alpha value is -2.43. The Morgan fingerprint density at radius 1 is 1.37 bits per heavy atom. The SMILES string of the molecule is CCc1cccc(-n2ccc(=O)c(C(=O)OC)n2)c1. The second-order valence-electron chi connectivity index (χ2n) is 3.99. The maximum absolute atomic E-state index is 11.5. The van der Waals surface area contributed by atoms with Crippen molar-refractivity contribution < 1.29 is 9.53 Å². The quantitative estimate of drug-likeness (QED) is 0.784.